The molecule has 29 heavy (non-hydrogen) atoms. The summed E-state index contributed by atoms with van der Waals surface area (Å²) in [4.78, 5) is 10.9. The molecule has 150 valence electrons. The summed E-state index contributed by atoms with van der Waals surface area (Å²) in [5, 5.41) is 26.3. The van der Waals surface area contributed by atoms with Gasteiger partial charge in [-0.15, -0.1) is 0 Å². The van der Waals surface area contributed by atoms with E-state index in [9.17, 15) is 9.90 Å². The number of carbonyl (C=O) groups is 1. The minimum absolute atomic E-state index is 0.278. The highest BCUT2D eigenvalue weighted by atomic mass is 35.5. The molecule has 0 aliphatic carbocycles. The topological polar surface area (TPSA) is 81.6 Å². The third-order valence-electron chi connectivity index (χ3n) is 4.55. The first-order valence-electron chi connectivity index (χ1n) is 9.35. The number of rotatable bonds is 9. The number of aromatic carboxylic acids is 1. The van der Waals surface area contributed by atoms with E-state index >= 15 is 0 Å². The van der Waals surface area contributed by atoms with Crippen molar-refractivity contribution in [2.75, 3.05) is 25.0 Å². The molecule has 6 heteroatoms. The average Bonchev–Trinajstić information content (AvgIpc) is 2.74. The molecule has 0 fully saturated rings. The van der Waals surface area contributed by atoms with Crippen molar-refractivity contribution >= 4 is 23.3 Å². The van der Waals surface area contributed by atoms with Crippen LogP contribution in [0.5, 0.6) is 0 Å². The Labute approximate surface area is 175 Å². The quantitative estimate of drug-likeness (QED) is 0.392. The maximum absolute atomic E-state index is 10.9. The molecule has 1 atom stereocenters. The van der Waals surface area contributed by atoms with E-state index in [0.717, 1.165) is 28.9 Å². The molecule has 3 aromatic rings. The number of aliphatic hydroxyl groups excluding tert-OH is 1. The van der Waals surface area contributed by atoms with Crippen molar-refractivity contribution in [3.63, 3.8) is 0 Å². The number of aliphatic hydroxyl groups is 1. The molecule has 3 aromatic carbocycles. The number of anilines is 1. The Morgan fingerprint density at radius 3 is 2.21 bits per heavy atom. The molecule has 0 heterocycles. The zero-order valence-corrected chi connectivity index (χ0v) is 16.6. The number of carboxylic acid groups (broad SMARTS) is 1. The first-order chi connectivity index (χ1) is 14.0. The number of hydrogen-bond donors (Lipinski definition) is 4. The summed E-state index contributed by atoms with van der Waals surface area (Å²) in [6.07, 6.45) is -0.597. The van der Waals surface area contributed by atoms with Crippen molar-refractivity contribution in [2.45, 2.75) is 6.10 Å². The van der Waals surface area contributed by atoms with Crippen LogP contribution in [0.15, 0.2) is 72.8 Å². The number of hydrogen-bond acceptors (Lipinski definition) is 4. The normalized spacial score (nSPS) is 11.8. The van der Waals surface area contributed by atoms with Crippen molar-refractivity contribution < 1.29 is 15.0 Å². The van der Waals surface area contributed by atoms with Gasteiger partial charge in [-0.05, 0) is 53.1 Å². The third-order valence-corrected chi connectivity index (χ3v) is 4.79. The van der Waals surface area contributed by atoms with E-state index in [0.29, 0.717) is 18.1 Å². The van der Waals surface area contributed by atoms with Crippen LogP contribution in [0.2, 0.25) is 5.02 Å². The summed E-state index contributed by atoms with van der Waals surface area (Å²) in [6, 6.07) is 22.0. The molecule has 0 aliphatic heterocycles. The van der Waals surface area contributed by atoms with Crippen LogP contribution >= 0.6 is 11.6 Å². The lowest BCUT2D eigenvalue weighted by atomic mass is 10.0. The fraction of sp³-hybridized carbons (Fsp3) is 0.174. The smallest absolute Gasteiger partial charge is 0.335 e. The van der Waals surface area contributed by atoms with Gasteiger partial charge in [-0.2, -0.15) is 0 Å². The molecule has 0 aromatic heterocycles. The van der Waals surface area contributed by atoms with E-state index < -0.39 is 12.1 Å². The molecule has 4 N–H and O–H groups in total. The first-order valence-corrected chi connectivity index (χ1v) is 9.72. The van der Waals surface area contributed by atoms with Gasteiger partial charge in [-0.3, -0.25) is 0 Å². The van der Waals surface area contributed by atoms with Crippen LogP contribution in [0.25, 0.3) is 11.1 Å². The van der Waals surface area contributed by atoms with Crippen molar-refractivity contribution in [3.8, 4) is 11.1 Å². The zero-order valence-electron chi connectivity index (χ0n) is 15.8. The first kappa shape index (κ1) is 20.9. The molecule has 0 aliphatic rings. The lowest BCUT2D eigenvalue weighted by molar-refractivity contribution is 0.0697. The fourth-order valence-corrected chi connectivity index (χ4v) is 3.15. The number of benzene rings is 3. The molecule has 0 amide bonds. The lowest BCUT2D eigenvalue weighted by Crippen LogP contribution is -2.26. The molecule has 0 saturated heterocycles. The summed E-state index contributed by atoms with van der Waals surface area (Å²) in [7, 11) is 0. The highest BCUT2D eigenvalue weighted by Crippen LogP contribution is 2.22. The predicted octanol–water partition coefficient (Wildman–Crippen LogP) is 4.44. The van der Waals surface area contributed by atoms with Gasteiger partial charge in [0.2, 0.25) is 0 Å². The summed E-state index contributed by atoms with van der Waals surface area (Å²) >= 11 is 5.95. The van der Waals surface area contributed by atoms with Crippen LogP contribution in [-0.2, 0) is 0 Å². The lowest BCUT2D eigenvalue weighted by Gasteiger charge is -2.13. The largest absolute Gasteiger partial charge is 0.478 e. The minimum atomic E-state index is -0.926. The Hall–Kier alpha value is -2.86. The molecular formula is C23H23ClN2O3. The Morgan fingerprint density at radius 2 is 1.59 bits per heavy atom. The van der Waals surface area contributed by atoms with E-state index in [1.54, 1.807) is 36.4 Å². The second-order valence-electron chi connectivity index (χ2n) is 6.66. The van der Waals surface area contributed by atoms with Crippen LogP contribution in [-0.4, -0.2) is 35.8 Å². The summed E-state index contributed by atoms with van der Waals surface area (Å²) in [5.74, 6) is -0.926. The molecular weight excluding hydrogens is 388 g/mol. The molecule has 0 radical (unpaired) electrons. The highest BCUT2D eigenvalue weighted by Gasteiger charge is 2.07. The van der Waals surface area contributed by atoms with Crippen LogP contribution in [0.4, 0.5) is 5.69 Å². The summed E-state index contributed by atoms with van der Waals surface area (Å²) in [5.41, 5.74) is 4.06. The van der Waals surface area contributed by atoms with E-state index in [2.05, 4.69) is 10.6 Å². The Kier molecular flexibility index (Phi) is 7.25. The maximum atomic E-state index is 10.9. The average molecular weight is 411 g/mol. The van der Waals surface area contributed by atoms with E-state index in [4.69, 9.17) is 16.7 Å². The molecule has 5 nitrogen and oxygen atoms in total. The second kappa shape index (κ2) is 10.1. The van der Waals surface area contributed by atoms with Crippen LogP contribution in [0.1, 0.15) is 22.0 Å². The van der Waals surface area contributed by atoms with Gasteiger partial charge in [-0.25, -0.2) is 4.79 Å². The van der Waals surface area contributed by atoms with E-state index in [-0.39, 0.29) is 5.56 Å². The number of halogens is 1. The van der Waals surface area contributed by atoms with Gasteiger partial charge in [0.15, 0.2) is 0 Å². The van der Waals surface area contributed by atoms with Gasteiger partial charge in [0.05, 0.1) is 11.7 Å². The van der Waals surface area contributed by atoms with Crippen molar-refractivity contribution in [1.82, 2.24) is 5.32 Å². The van der Waals surface area contributed by atoms with Crippen LogP contribution in [0.3, 0.4) is 0 Å². The van der Waals surface area contributed by atoms with Gasteiger partial charge in [0, 0.05) is 30.3 Å². The maximum Gasteiger partial charge on any atom is 0.335 e. The molecule has 3 rings (SSSR count). The van der Waals surface area contributed by atoms with E-state index in [1.807, 2.05) is 36.4 Å². The molecule has 0 spiro atoms. The van der Waals surface area contributed by atoms with Gasteiger partial charge in [0.1, 0.15) is 0 Å². The Morgan fingerprint density at radius 1 is 0.931 bits per heavy atom. The standard InChI is InChI=1S/C23H23ClN2O3/c24-20-3-1-2-19(14-20)22(27)15-25-12-13-26-21-10-8-17(9-11-21)16-4-6-18(7-5-16)23(28)29/h1-11,14,22,25-27H,12-13,15H2,(H,28,29)/t22-/m0/s1. The van der Waals surface area contributed by atoms with Crippen LogP contribution in [0, 0.1) is 0 Å². The van der Waals surface area contributed by atoms with Crippen molar-refractivity contribution in [3.05, 3.63) is 88.9 Å². The van der Waals surface area contributed by atoms with Crippen LogP contribution < -0.4 is 10.6 Å². The van der Waals surface area contributed by atoms with Crippen molar-refractivity contribution in [1.29, 1.82) is 0 Å². The van der Waals surface area contributed by atoms with Crippen molar-refractivity contribution in [2.24, 2.45) is 0 Å². The fourth-order valence-electron chi connectivity index (χ4n) is 2.95. The van der Waals surface area contributed by atoms with Gasteiger partial charge in [-0.1, -0.05) is 48.0 Å². The SMILES string of the molecule is O=C(O)c1ccc(-c2ccc(NCCNC[C@H](O)c3cccc(Cl)c3)cc2)cc1. The second-order valence-corrected chi connectivity index (χ2v) is 7.10. The van der Waals surface area contributed by atoms with E-state index in [1.165, 1.54) is 0 Å². The zero-order chi connectivity index (χ0) is 20.6. The third kappa shape index (κ3) is 6.06. The monoisotopic (exact) mass is 410 g/mol. The molecule has 0 saturated carbocycles. The predicted molar refractivity (Wildman–Crippen MR) is 117 cm³/mol. The highest BCUT2D eigenvalue weighted by molar-refractivity contribution is 6.30. The molecule has 0 bridgehead atoms. The van der Waals surface area contributed by atoms with Gasteiger partial charge >= 0.3 is 5.97 Å². The number of carboxylic acids is 1. The Balaban J connectivity index is 1.43. The van der Waals surface area contributed by atoms with Gasteiger partial charge < -0.3 is 20.8 Å². The van der Waals surface area contributed by atoms with Gasteiger partial charge in [0.25, 0.3) is 0 Å². The summed E-state index contributed by atoms with van der Waals surface area (Å²) < 4.78 is 0. The minimum Gasteiger partial charge on any atom is -0.478 e. The summed E-state index contributed by atoms with van der Waals surface area (Å²) in [6.45, 7) is 1.87. The number of nitrogens with one attached hydrogen (secondary N) is 2. The molecule has 0 unspecified atom stereocenters. The Bertz CT molecular complexity index is 943.